The highest BCUT2D eigenvalue weighted by Gasteiger charge is 2.28. The number of amides is 2. The number of carbonyl (C=O) groups excluding carboxylic acids is 2. The quantitative estimate of drug-likeness (QED) is 0.735. The van der Waals surface area contributed by atoms with Gasteiger partial charge >= 0.3 is 6.09 Å². The van der Waals surface area contributed by atoms with E-state index in [4.69, 9.17) is 25.8 Å². The van der Waals surface area contributed by atoms with E-state index in [1.54, 1.807) is 17.0 Å². The van der Waals surface area contributed by atoms with Crippen LogP contribution < -0.4 is 14.8 Å². The molecule has 0 fully saturated rings. The minimum atomic E-state index is -0.541. The Morgan fingerprint density at radius 3 is 2.84 bits per heavy atom. The number of nitrogens with zero attached hydrogens (tertiary/aromatic N) is 2. The predicted octanol–water partition coefficient (Wildman–Crippen LogP) is 4.04. The molecule has 8 nitrogen and oxygen atoms in total. The molecule has 2 amide bonds. The molecule has 0 saturated carbocycles. The van der Waals surface area contributed by atoms with Gasteiger partial charge in [-0.25, -0.2) is 9.78 Å². The Morgan fingerprint density at radius 1 is 1.29 bits per heavy atom. The highest BCUT2D eigenvalue weighted by molar-refractivity contribution is 7.15. The maximum Gasteiger partial charge on any atom is 0.410 e. The zero-order valence-corrected chi connectivity index (χ0v) is 19.2. The molecule has 2 aromatic rings. The van der Waals surface area contributed by atoms with Crippen LogP contribution in [0.25, 0.3) is 0 Å². The molecule has 3 heterocycles. The first kappa shape index (κ1) is 21.7. The number of anilines is 1. The molecule has 0 bridgehead atoms. The summed E-state index contributed by atoms with van der Waals surface area (Å²) in [7, 11) is 0. The van der Waals surface area contributed by atoms with Gasteiger partial charge in [0.2, 0.25) is 5.91 Å². The molecule has 10 heteroatoms. The van der Waals surface area contributed by atoms with Crippen molar-refractivity contribution in [2.24, 2.45) is 0 Å². The van der Waals surface area contributed by atoms with Gasteiger partial charge in [0.15, 0.2) is 16.6 Å². The summed E-state index contributed by atoms with van der Waals surface area (Å²) in [5.41, 5.74) is 1.09. The van der Waals surface area contributed by atoms with Crippen molar-refractivity contribution >= 4 is 40.1 Å². The lowest BCUT2D eigenvalue weighted by atomic mass is 10.1. The predicted molar refractivity (Wildman–Crippen MR) is 117 cm³/mol. The van der Waals surface area contributed by atoms with Crippen molar-refractivity contribution in [3.05, 3.63) is 33.3 Å². The van der Waals surface area contributed by atoms with Crippen LogP contribution in [0.5, 0.6) is 11.5 Å². The highest BCUT2D eigenvalue weighted by Crippen LogP contribution is 2.38. The number of carbonyl (C=O) groups is 2. The molecular weight excluding hydrogens is 442 g/mol. The van der Waals surface area contributed by atoms with E-state index in [0.29, 0.717) is 54.4 Å². The summed E-state index contributed by atoms with van der Waals surface area (Å²) in [5.74, 6) is 0.857. The Bertz CT molecular complexity index is 1020. The largest absolute Gasteiger partial charge is 0.486 e. The summed E-state index contributed by atoms with van der Waals surface area (Å²) in [6.07, 6.45) is 0.413. The van der Waals surface area contributed by atoms with E-state index in [9.17, 15) is 9.59 Å². The van der Waals surface area contributed by atoms with E-state index in [1.807, 2.05) is 20.8 Å². The Hall–Kier alpha value is -2.52. The average molecular weight is 466 g/mol. The van der Waals surface area contributed by atoms with Crippen LogP contribution in [0.4, 0.5) is 9.93 Å². The fourth-order valence-corrected chi connectivity index (χ4v) is 4.67. The van der Waals surface area contributed by atoms with Crippen LogP contribution in [-0.2, 0) is 28.9 Å². The number of ether oxygens (including phenoxy) is 3. The smallest absolute Gasteiger partial charge is 0.410 e. The van der Waals surface area contributed by atoms with Gasteiger partial charge in [-0.05, 0) is 38.5 Å². The maximum absolute atomic E-state index is 12.6. The summed E-state index contributed by atoms with van der Waals surface area (Å²) in [4.78, 5) is 32.0. The van der Waals surface area contributed by atoms with E-state index < -0.39 is 5.60 Å². The number of hydrogen-bond donors (Lipinski definition) is 1. The summed E-state index contributed by atoms with van der Waals surface area (Å²) >= 11 is 7.63. The summed E-state index contributed by atoms with van der Waals surface area (Å²) < 4.78 is 16.5. The van der Waals surface area contributed by atoms with Crippen LogP contribution in [0.1, 0.15) is 36.9 Å². The third-order valence-electron chi connectivity index (χ3n) is 4.65. The van der Waals surface area contributed by atoms with E-state index >= 15 is 0 Å². The Morgan fingerprint density at radius 2 is 2.06 bits per heavy atom. The van der Waals surface area contributed by atoms with Gasteiger partial charge in [-0.15, -0.1) is 0 Å². The van der Waals surface area contributed by atoms with Gasteiger partial charge in [-0.1, -0.05) is 22.9 Å². The molecule has 2 aliphatic rings. The van der Waals surface area contributed by atoms with Gasteiger partial charge < -0.3 is 24.4 Å². The third-order valence-corrected chi connectivity index (χ3v) is 5.93. The molecule has 0 aliphatic carbocycles. The van der Waals surface area contributed by atoms with Crippen molar-refractivity contribution in [1.82, 2.24) is 9.88 Å². The SMILES string of the molecule is CC(C)(C)OC(=O)N1CCc2nc(NC(=O)Cc3cc(Cl)c4c(c3)OCCO4)sc2C1. The molecule has 0 saturated heterocycles. The summed E-state index contributed by atoms with van der Waals surface area (Å²) in [6.45, 7) is 7.39. The third kappa shape index (κ3) is 5.22. The van der Waals surface area contributed by atoms with Crippen LogP contribution in [0, 0.1) is 0 Å². The van der Waals surface area contributed by atoms with Gasteiger partial charge in [-0.2, -0.15) is 0 Å². The molecule has 1 N–H and O–H groups in total. The van der Waals surface area contributed by atoms with Gasteiger partial charge in [0.05, 0.1) is 23.7 Å². The van der Waals surface area contributed by atoms with E-state index in [-0.39, 0.29) is 18.4 Å². The van der Waals surface area contributed by atoms with Gasteiger partial charge in [0.1, 0.15) is 18.8 Å². The fourth-order valence-electron chi connectivity index (χ4n) is 3.35. The Labute approximate surface area is 189 Å². The highest BCUT2D eigenvalue weighted by atomic mass is 35.5. The van der Waals surface area contributed by atoms with Crippen molar-refractivity contribution in [2.75, 3.05) is 25.1 Å². The van der Waals surface area contributed by atoms with Crippen LogP contribution in [-0.4, -0.2) is 47.2 Å². The number of benzene rings is 1. The molecule has 31 heavy (non-hydrogen) atoms. The second-order valence-electron chi connectivity index (χ2n) is 8.37. The van der Waals surface area contributed by atoms with Gasteiger partial charge in [-0.3, -0.25) is 4.79 Å². The summed E-state index contributed by atoms with van der Waals surface area (Å²) in [5, 5.41) is 3.79. The van der Waals surface area contributed by atoms with E-state index in [2.05, 4.69) is 10.3 Å². The fraction of sp³-hybridized carbons (Fsp3) is 0.476. The lowest BCUT2D eigenvalue weighted by molar-refractivity contribution is -0.115. The number of halogens is 1. The average Bonchev–Trinajstić information content (AvgIpc) is 3.07. The zero-order valence-electron chi connectivity index (χ0n) is 17.6. The first-order valence-corrected chi connectivity index (χ1v) is 11.2. The lowest BCUT2D eigenvalue weighted by Crippen LogP contribution is -2.39. The molecule has 0 atom stereocenters. The number of fused-ring (bicyclic) bond motifs is 2. The topological polar surface area (TPSA) is 90.0 Å². The van der Waals surface area contributed by atoms with Crippen LogP contribution in [0.2, 0.25) is 5.02 Å². The Kier molecular flexibility index (Phi) is 5.98. The molecule has 1 aromatic carbocycles. The lowest BCUT2D eigenvalue weighted by Gasteiger charge is -2.29. The van der Waals surface area contributed by atoms with Crippen LogP contribution in [0.3, 0.4) is 0 Å². The van der Waals surface area contributed by atoms with Gasteiger partial charge in [0, 0.05) is 17.8 Å². The van der Waals surface area contributed by atoms with Crippen LogP contribution >= 0.6 is 22.9 Å². The molecule has 1 aromatic heterocycles. The molecule has 0 spiro atoms. The van der Waals surface area contributed by atoms with Crippen molar-refractivity contribution < 1.29 is 23.8 Å². The Balaban J connectivity index is 1.39. The second-order valence-corrected chi connectivity index (χ2v) is 9.86. The molecule has 4 rings (SSSR count). The van der Waals surface area contributed by atoms with Gasteiger partial charge in [0.25, 0.3) is 0 Å². The molecule has 2 aliphatic heterocycles. The van der Waals surface area contributed by atoms with E-state index in [0.717, 1.165) is 16.1 Å². The second kappa shape index (κ2) is 8.55. The van der Waals surface area contributed by atoms with Crippen LogP contribution in [0.15, 0.2) is 12.1 Å². The summed E-state index contributed by atoms with van der Waals surface area (Å²) in [6, 6.07) is 3.48. The van der Waals surface area contributed by atoms with Crippen molar-refractivity contribution in [3.63, 3.8) is 0 Å². The number of aromatic nitrogens is 1. The standard InChI is InChI=1S/C21H24ClN3O5S/c1-21(2,3)30-20(27)25-5-4-14-16(11-25)31-19(23-14)24-17(26)10-12-8-13(22)18-15(9-12)28-6-7-29-18/h8-9H,4-7,10-11H2,1-3H3,(H,23,24,26). The zero-order chi connectivity index (χ0) is 22.2. The normalized spacial score (nSPS) is 15.3. The molecular formula is C21H24ClN3O5S. The molecule has 166 valence electrons. The minimum absolute atomic E-state index is 0.130. The first-order valence-electron chi connectivity index (χ1n) is 10.0. The minimum Gasteiger partial charge on any atom is -0.486 e. The molecule has 0 unspecified atom stereocenters. The monoisotopic (exact) mass is 465 g/mol. The number of rotatable bonds is 3. The molecule has 0 radical (unpaired) electrons. The first-order chi connectivity index (χ1) is 14.7. The van der Waals surface area contributed by atoms with Crippen molar-refractivity contribution in [1.29, 1.82) is 0 Å². The number of nitrogens with one attached hydrogen (secondary N) is 1. The number of hydrogen-bond acceptors (Lipinski definition) is 7. The van der Waals surface area contributed by atoms with Crippen molar-refractivity contribution in [3.8, 4) is 11.5 Å². The number of thiazole rings is 1. The van der Waals surface area contributed by atoms with Crippen molar-refractivity contribution in [2.45, 2.75) is 45.8 Å². The van der Waals surface area contributed by atoms with E-state index in [1.165, 1.54) is 11.3 Å². The maximum atomic E-state index is 12.6.